The minimum absolute atomic E-state index is 0.385. The van der Waals surface area contributed by atoms with E-state index in [0.29, 0.717) is 19.3 Å². The topological polar surface area (TPSA) is 59.3 Å². The van der Waals surface area contributed by atoms with Crippen LogP contribution in [0.2, 0.25) is 0 Å². The number of unbranched alkanes of at least 4 members (excludes halogenated alkanes) is 1. The van der Waals surface area contributed by atoms with Crippen molar-refractivity contribution in [2.24, 2.45) is 0 Å². The molecule has 0 bridgehead atoms. The van der Waals surface area contributed by atoms with E-state index in [2.05, 4.69) is 14.9 Å². The third kappa shape index (κ3) is 6.03. The van der Waals surface area contributed by atoms with Gasteiger partial charge in [-0.05, 0) is 32.2 Å². The van der Waals surface area contributed by atoms with Crippen molar-refractivity contribution in [2.45, 2.75) is 57.3 Å². The molecule has 1 saturated carbocycles. The van der Waals surface area contributed by atoms with Gasteiger partial charge in [-0.25, -0.2) is 4.98 Å². The second-order valence-corrected chi connectivity index (χ2v) is 5.61. The molecule has 5 heteroatoms. The fourth-order valence-electron chi connectivity index (χ4n) is 2.59. The molecule has 1 heterocycles. The van der Waals surface area contributed by atoms with Crippen LogP contribution in [0.1, 0.15) is 38.5 Å². The smallest absolute Gasteiger partial charge is 0.0945 e. The highest BCUT2D eigenvalue weighted by molar-refractivity contribution is 4.73. The third-order valence-corrected chi connectivity index (χ3v) is 3.79. The average Bonchev–Trinajstić information content (AvgIpc) is 3.13. The van der Waals surface area contributed by atoms with Crippen LogP contribution in [0, 0.1) is 0 Å². The molecular formula is C15H27N3O2. The van der Waals surface area contributed by atoms with Gasteiger partial charge < -0.3 is 19.7 Å². The summed E-state index contributed by atoms with van der Waals surface area (Å²) < 4.78 is 7.78. The summed E-state index contributed by atoms with van der Waals surface area (Å²) in [6, 6.07) is 0. The minimum Gasteiger partial charge on any atom is -0.389 e. The molecule has 1 unspecified atom stereocenters. The van der Waals surface area contributed by atoms with Crippen LogP contribution in [0.25, 0.3) is 0 Å². The van der Waals surface area contributed by atoms with Crippen molar-refractivity contribution >= 4 is 0 Å². The SMILES string of the molecule is OC(CNCCCCn1ccnc1)COC1CCCC1. The summed E-state index contributed by atoms with van der Waals surface area (Å²) in [4.78, 5) is 4.01. The number of nitrogens with zero attached hydrogens (tertiary/aromatic N) is 2. The number of aliphatic hydroxyl groups excluding tert-OH is 1. The van der Waals surface area contributed by atoms with Crippen LogP contribution in [0.15, 0.2) is 18.7 Å². The number of nitrogens with one attached hydrogen (secondary N) is 1. The van der Waals surface area contributed by atoms with Crippen LogP contribution >= 0.6 is 0 Å². The van der Waals surface area contributed by atoms with E-state index in [-0.39, 0.29) is 6.10 Å². The lowest BCUT2D eigenvalue weighted by Crippen LogP contribution is -2.32. The Morgan fingerprint density at radius 1 is 1.35 bits per heavy atom. The molecule has 2 N–H and O–H groups in total. The number of ether oxygens (including phenoxy) is 1. The molecule has 0 saturated heterocycles. The highest BCUT2D eigenvalue weighted by Crippen LogP contribution is 2.20. The lowest BCUT2D eigenvalue weighted by atomic mass is 10.3. The van der Waals surface area contributed by atoms with Gasteiger partial charge in [0.2, 0.25) is 0 Å². The zero-order valence-electron chi connectivity index (χ0n) is 12.2. The maximum atomic E-state index is 9.82. The van der Waals surface area contributed by atoms with Crippen LogP contribution in [-0.4, -0.2) is 46.6 Å². The molecule has 1 fully saturated rings. The maximum absolute atomic E-state index is 9.82. The summed E-state index contributed by atoms with van der Waals surface area (Å²) >= 11 is 0. The Hall–Kier alpha value is -0.910. The van der Waals surface area contributed by atoms with Gasteiger partial charge in [-0.2, -0.15) is 0 Å². The van der Waals surface area contributed by atoms with E-state index in [1.54, 1.807) is 6.20 Å². The van der Waals surface area contributed by atoms with Crippen molar-refractivity contribution in [1.29, 1.82) is 0 Å². The zero-order valence-corrected chi connectivity index (χ0v) is 12.2. The summed E-state index contributed by atoms with van der Waals surface area (Å²) in [6.45, 7) is 3.04. The molecule has 0 amide bonds. The lowest BCUT2D eigenvalue weighted by Gasteiger charge is -2.16. The van der Waals surface area contributed by atoms with Gasteiger partial charge in [0.15, 0.2) is 0 Å². The highest BCUT2D eigenvalue weighted by atomic mass is 16.5. The third-order valence-electron chi connectivity index (χ3n) is 3.79. The van der Waals surface area contributed by atoms with Crippen molar-refractivity contribution in [3.63, 3.8) is 0 Å². The second kappa shape index (κ2) is 9.10. The molecular weight excluding hydrogens is 254 g/mol. The molecule has 1 aromatic rings. The Kier molecular flexibility index (Phi) is 7.05. The van der Waals surface area contributed by atoms with E-state index < -0.39 is 0 Å². The zero-order chi connectivity index (χ0) is 14.0. The van der Waals surface area contributed by atoms with Gasteiger partial charge in [0.1, 0.15) is 0 Å². The minimum atomic E-state index is -0.385. The van der Waals surface area contributed by atoms with Crippen molar-refractivity contribution in [3.05, 3.63) is 18.7 Å². The van der Waals surface area contributed by atoms with Gasteiger partial charge in [0, 0.05) is 25.5 Å². The monoisotopic (exact) mass is 281 g/mol. The van der Waals surface area contributed by atoms with Crippen molar-refractivity contribution < 1.29 is 9.84 Å². The van der Waals surface area contributed by atoms with E-state index in [1.807, 2.05) is 12.5 Å². The molecule has 114 valence electrons. The van der Waals surface area contributed by atoms with Gasteiger partial charge in [-0.15, -0.1) is 0 Å². The number of aliphatic hydroxyl groups is 1. The van der Waals surface area contributed by atoms with Crippen molar-refractivity contribution in [1.82, 2.24) is 14.9 Å². The van der Waals surface area contributed by atoms with E-state index in [9.17, 15) is 5.11 Å². The van der Waals surface area contributed by atoms with Crippen molar-refractivity contribution in [3.8, 4) is 0 Å². The molecule has 0 aromatic carbocycles. The van der Waals surface area contributed by atoms with Crippen LogP contribution < -0.4 is 5.32 Å². The van der Waals surface area contributed by atoms with Gasteiger partial charge in [-0.1, -0.05) is 12.8 Å². The van der Waals surface area contributed by atoms with E-state index in [4.69, 9.17) is 4.74 Å². The first kappa shape index (κ1) is 15.5. The van der Waals surface area contributed by atoms with E-state index in [1.165, 1.54) is 12.8 Å². The summed E-state index contributed by atoms with van der Waals surface area (Å²) in [7, 11) is 0. The number of aromatic nitrogens is 2. The Morgan fingerprint density at radius 3 is 2.95 bits per heavy atom. The fourth-order valence-corrected chi connectivity index (χ4v) is 2.59. The predicted octanol–water partition coefficient (Wildman–Crippen LogP) is 1.57. The lowest BCUT2D eigenvalue weighted by molar-refractivity contribution is -0.00536. The molecule has 0 aliphatic heterocycles. The molecule has 5 nitrogen and oxygen atoms in total. The molecule has 2 rings (SSSR count). The second-order valence-electron chi connectivity index (χ2n) is 5.61. The molecule has 1 aliphatic carbocycles. The largest absolute Gasteiger partial charge is 0.389 e. The Bertz CT molecular complexity index is 337. The fraction of sp³-hybridized carbons (Fsp3) is 0.800. The van der Waals surface area contributed by atoms with E-state index >= 15 is 0 Å². The molecule has 1 aliphatic rings. The first-order valence-corrected chi connectivity index (χ1v) is 7.81. The number of imidazole rings is 1. The molecule has 1 aromatic heterocycles. The van der Waals surface area contributed by atoms with Crippen LogP contribution in [-0.2, 0) is 11.3 Å². The van der Waals surface area contributed by atoms with Crippen LogP contribution in [0.5, 0.6) is 0 Å². The predicted molar refractivity (Wildman–Crippen MR) is 78.5 cm³/mol. The maximum Gasteiger partial charge on any atom is 0.0945 e. The summed E-state index contributed by atoms with van der Waals surface area (Å²) in [5.74, 6) is 0. The molecule has 1 atom stereocenters. The summed E-state index contributed by atoms with van der Waals surface area (Å²) in [5.41, 5.74) is 0. The first-order valence-electron chi connectivity index (χ1n) is 7.81. The molecule has 20 heavy (non-hydrogen) atoms. The van der Waals surface area contributed by atoms with Crippen LogP contribution in [0.4, 0.5) is 0 Å². The Labute approximate surface area is 121 Å². The summed E-state index contributed by atoms with van der Waals surface area (Å²) in [5, 5.41) is 13.1. The quantitative estimate of drug-likeness (QED) is 0.639. The van der Waals surface area contributed by atoms with Gasteiger partial charge in [-0.3, -0.25) is 0 Å². The standard InChI is InChI=1S/C15H27N3O2/c19-14(12-20-15-5-1-2-6-15)11-16-7-3-4-9-18-10-8-17-13-18/h8,10,13-16,19H,1-7,9,11-12H2. The number of hydrogen-bond donors (Lipinski definition) is 2. The normalized spacial score (nSPS) is 17.6. The molecule has 0 spiro atoms. The Balaban J connectivity index is 1.40. The van der Waals surface area contributed by atoms with Gasteiger partial charge in [0.25, 0.3) is 0 Å². The summed E-state index contributed by atoms with van der Waals surface area (Å²) in [6.07, 6.45) is 12.7. The van der Waals surface area contributed by atoms with Crippen LogP contribution in [0.3, 0.4) is 0 Å². The number of aryl methyl sites for hydroxylation is 1. The highest BCUT2D eigenvalue weighted by Gasteiger charge is 2.16. The molecule has 0 radical (unpaired) electrons. The van der Waals surface area contributed by atoms with Crippen molar-refractivity contribution in [2.75, 3.05) is 19.7 Å². The average molecular weight is 281 g/mol. The van der Waals surface area contributed by atoms with Gasteiger partial charge in [0.05, 0.1) is 25.1 Å². The number of hydrogen-bond acceptors (Lipinski definition) is 4. The first-order chi connectivity index (χ1) is 9.84. The van der Waals surface area contributed by atoms with E-state index in [0.717, 1.165) is 38.8 Å². The van der Waals surface area contributed by atoms with Gasteiger partial charge >= 0.3 is 0 Å². The number of rotatable bonds is 10. The Morgan fingerprint density at radius 2 is 2.20 bits per heavy atom.